The molecule has 0 bridgehead atoms. The third kappa shape index (κ3) is 4.21. The molecule has 2 aliphatic carbocycles. The molecule has 0 N–H and O–H groups in total. The summed E-state index contributed by atoms with van der Waals surface area (Å²) in [6.07, 6.45) is 8.51. The zero-order chi connectivity index (χ0) is 18.6. The molecule has 2 aliphatic rings. The van der Waals surface area contributed by atoms with Crippen molar-refractivity contribution in [2.75, 3.05) is 13.7 Å². The highest BCUT2D eigenvalue weighted by atomic mass is 16.5. The van der Waals surface area contributed by atoms with Crippen LogP contribution < -0.4 is 4.74 Å². The Labute approximate surface area is 163 Å². The lowest BCUT2D eigenvalue weighted by Crippen LogP contribution is -2.33. The highest BCUT2D eigenvalue weighted by Crippen LogP contribution is 2.46. The highest BCUT2D eigenvalue weighted by molar-refractivity contribution is 5.64. The van der Waals surface area contributed by atoms with Gasteiger partial charge in [0.25, 0.3) is 0 Å². The summed E-state index contributed by atoms with van der Waals surface area (Å²) in [5, 5.41) is 0. The second-order valence-electron chi connectivity index (χ2n) is 8.27. The molecule has 2 nitrogen and oxygen atoms in total. The number of benzene rings is 2. The van der Waals surface area contributed by atoms with Crippen LogP contribution in [0.2, 0.25) is 0 Å². The largest absolute Gasteiger partial charge is 0.497 e. The van der Waals surface area contributed by atoms with E-state index in [2.05, 4.69) is 43.3 Å². The second kappa shape index (κ2) is 8.48. The Bertz CT molecular complexity index is 719. The predicted molar refractivity (Wildman–Crippen MR) is 111 cm³/mol. The van der Waals surface area contributed by atoms with Gasteiger partial charge in [-0.1, -0.05) is 36.4 Å². The van der Waals surface area contributed by atoms with Gasteiger partial charge in [0.2, 0.25) is 0 Å². The van der Waals surface area contributed by atoms with E-state index in [9.17, 15) is 0 Å². The molecule has 2 fully saturated rings. The smallest absolute Gasteiger partial charge is 0.118 e. The van der Waals surface area contributed by atoms with Gasteiger partial charge in [0, 0.05) is 6.61 Å². The van der Waals surface area contributed by atoms with Gasteiger partial charge in [-0.2, -0.15) is 0 Å². The standard InChI is InChI=1S/C25H32O2/c1-3-27-25-15-12-22-16-21(8-9-23(22)17-25)20-6-4-18(5-7-20)19-10-13-24(26-2)14-11-19/h4-7,10-11,13-14,21-23,25H,3,8-9,12,15-17H2,1-2H3. The topological polar surface area (TPSA) is 18.5 Å². The Kier molecular flexibility index (Phi) is 5.83. The third-order valence-corrected chi connectivity index (χ3v) is 6.77. The van der Waals surface area contributed by atoms with Crippen molar-refractivity contribution in [1.29, 1.82) is 0 Å². The lowest BCUT2D eigenvalue weighted by atomic mass is 9.65. The van der Waals surface area contributed by atoms with E-state index in [4.69, 9.17) is 9.47 Å². The van der Waals surface area contributed by atoms with Gasteiger partial charge in [0.05, 0.1) is 13.2 Å². The third-order valence-electron chi connectivity index (χ3n) is 6.77. The monoisotopic (exact) mass is 364 g/mol. The summed E-state index contributed by atoms with van der Waals surface area (Å²) in [4.78, 5) is 0. The van der Waals surface area contributed by atoms with Crippen molar-refractivity contribution in [3.63, 3.8) is 0 Å². The molecular weight excluding hydrogens is 332 g/mol. The van der Waals surface area contributed by atoms with Crippen LogP contribution in [-0.2, 0) is 4.74 Å². The van der Waals surface area contributed by atoms with Crippen LogP contribution >= 0.6 is 0 Å². The Balaban J connectivity index is 1.39. The maximum atomic E-state index is 5.91. The first-order chi connectivity index (χ1) is 13.3. The molecule has 4 atom stereocenters. The first-order valence-electron chi connectivity index (χ1n) is 10.6. The fourth-order valence-electron chi connectivity index (χ4n) is 5.27. The van der Waals surface area contributed by atoms with E-state index in [0.29, 0.717) is 6.10 Å². The molecule has 2 aromatic carbocycles. The van der Waals surface area contributed by atoms with E-state index in [1.165, 1.54) is 55.2 Å². The minimum absolute atomic E-state index is 0.525. The molecule has 144 valence electrons. The minimum atomic E-state index is 0.525. The number of ether oxygens (including phenoxy) is 2. The van der Waals surface area contributed by atoms with Crippen LogP contribution in [0.5, 0.6) is 5.75 Å². The van der Waals surface area contributed by atoms with Crippen molar-refractivity contribution in [3.05, 3.63) is 54.1 Å². The lowest BCUT2D eigenvalue weighted by Gasteiger charge is -2.42. The SMILES string of the molecule is CCOC1CCC2CC(c3ccc(-c4ccc(OC)cc4)cc3)CCC2C1. The second-order valence-corrected chi connectivity index (χ2v) is 8.27. The summed E-state index contributed by atoms with van der Waals surface area (Å²) in [6.45, 7) is 2.99. The summed E-state index contributed by atoms with van der Waals surface area (Å²) in [5.74, 6) is 3.44. The molecular formula is C25H32O2. The van der Waals surface area contributed by atoms with Crippen LogP contribution in [0.4, 0.5) is 0 Å². The molecule has 0 radical (unpaired) electrons. The summed E-state index contributed by atoms with van der Waals surface area (Å²) < 4.78 is 11.2. The van der Waals surface area contributed by atoms with Crippen LogP contribution in [0.3, 0.4) is 0 Å². The van der Waals surface area contributed by atoms with Gasteiger partial charge < -0.3 is 9.47 Å². The number of rotatable bonds is 5. The molecule has 2 aromatic rings. The van der Waals surface area contributed by atoms with Gasteiger partial charge in [0.1, 0.15) is 5.75 Å². The molecule has 4 unspecified atom stereocenters. The fraction of sp³-hybridized carbons (Fsp3) is 0.520. The van der Waals surface area contributed by atoms with Crippen LogP contribution in [-0.4, -0.2) is 19.8 Å². The Hall–Kier alpha value is -1.80. The summed E-state index contributed by atoms with van der Waals surface area (Å²) in [5.41, 5.74) is 4.06. The molecule has 2 heteroatoms. The maximum absolute atomic E-state index is 5.91. The Morgan fingerprint density at radius 1 is 0.778 bits per heavy atom. The quantitative estimate of drug-likeness (QED) is 0.607. The molecule has 27 heavy (non-hydrogen) atoms. The number of hydrogen-bond acceptors (Lipinski definition) is 2. The number of fused-ring (bicyclic) bond motifs is 1. The molecule has 0 amide bonds. The first kappa shape index (κ1) is 18.6. The molecule has 0 aliphatic heterocycles. The summed E-state index contributed by atoms with van der Waals surface area (Å²) in [6, 6.07) is 17.6. The van der Waals surface area contributed by atoms with Crippen LogP contribution in [0.15, 0.2) is 48.5 Å². The average molecular weight is 365 g/mol. The summed E-state index contributed by atoms with van der Waals surface area (Å²) in [7, 11) is 1.71. The van der Waals surface area contributed by atoms with Crippen molar-refractivity contribution < 1.29 is 9.47 Å². The maximum Gasteiger partial charge on any atom is 0.118 e. The molecule has 0 heterocycles. The fourth-order valence-corrected chi connectivity index (χ4v) is 5.27. The van der Waals surface area contributed by atoms with E-state index in [1.54, 1.807) is 7.11 Å². The van der Waals surface area contributed by atoms with Gasteiger partial charge in [-0.05, 0) is 92.0 Å². The zero-order valence-electron chi connectivity index (χ0n) is 16.7. The number of hydrogen-bond donors (Lipinski definition) is 0. The van der Waals surface area contributed by atoms with Gasteiger partial charge in [-0.3, -0.25) is 0 Å². The van der Waals surface area contributed by atoms with Crippen molar-refractivity contribution in [1.82, 2.24) is 0 Å². The number of methoxy groups -OCH3 is 1. The van der Waals surface area contributed by atoms with Crippen LogP contribution in [0.25, 0.3) is 11.1 Å². The zero-order valence-corrected chi connectivity index (χ0v) is 16.7. The molecule has 0 spiro atoms. The van der Waals surface area contributed by atoms with E-state index in [1.807, 2.05) is 12.1 Å². The first-order valence-corrected chi connectivity index (χ1v) is 10.6. The van der Waals surface area contributed by atoms with E-state index >= 15 is 0 Å². The molecule has 4 rings (SSSR count). The van der Waals surface area contributed by atoms with Crippen molar-refractivity contribution in [2.45, 2.75) is 57.5 Å². The van der Waals surface area contributed by atoms with Crippen LogP contribution in [0.1, 0.15) is 56.9 Å². The predicted octanol–water partition coefficient (Wildman–Crippen LogP) is 6.45. The van der Waals surface area contributed by atoms with Gasteiger partial charge in [-0.25, -0.2) is 0 Å². The Morgan fingerprint density at radius 3 is 2.07 bits per heavy atom. The molecule has 0 saturated heterocycles. The van der Waals surface area contributed by atoms with E-state index in [-0.39, 0.29) is 0 Å². The minimum Gasteiger partial charge on any atom is -0.497 e. The highest BCUT2D eigenvalue weighted by Gasteiger charge is 2.36. The molecule has 2 saturated carbocycles. The van der Waals surface area contributed by atoms with E-state index < -0.39 is 0 Å². The van der Waals surface area contributed by atoms with Gasteiger partial charge >= 0.3 is 0 Å². The van der Waals surface area contributed by atoms with Crippen molar-refractivity contribution in [3.8, 4) is 16.9 Å². The van der Waals surface area contributed by atoms with Gasteiger partial charge in [-0.15, -0.1) is 0 Å². The summed E-state index contributed by atoms with van der Waals surface area (Å²) >= 11 is 0. The van der Waals surface area contributed by atoms with Crippen molar-refractivity contribution >= 4 is 0 Å². The van der Waals surface area contributed by atoms with E-state index in [0.717, 1.165) is 30.1 Å². The Morgan fingerprint density at radius 2 is 1.41 bits per heavy atom. The molecule has 0 aromatic heterocycles. The van der Waals surface area contributed by atoms with Crippen molar-refractivity contribution in [2.24, 2.45) is 11.8 Å². The normalized spacial score (nSPS) is 27.8. The lowest BCUT2D eigenvalue weighted by molar-refractivity contribution is -0.00955. The average Bonchev–Trinajstić information content (AvgIpc) is 2.74. The van der Waals surface area contributed by atoms with Gasteiger partial charge in [0.15, 0.2) is 0 Å². The van der Waals surface area contributed by atoms with Crippen LogP contribution in [0, 0.1) is 11.8 Å².